The summed E-state index contributed by atoms with van der Waals surface area (Å²) in [5, 5.41) is 0. The number of thiazole rings is 1. The summed E-state index contributed by atoms with van der Waals surface area (Å²) >= 11 is 1.63. The van der Waals surface area contributed by atoms with Gasteiger partial charge in [0.2, 0.25) is 0 Å². The smallest absolute Gasteiger partial charge is 0.0692 e. The van der Waals surface area contributed by atoms with Gasteiger partial charge in [0.25, 0.3) is 0 Å². The summed E-state index contributed by atoms with van der Waals surface area (Å²) in [4.78, 5) is 13.4. The fraction of sp³-hybridized carbons (Fsp3) is 0.205. The van der Waals surface area contributed by atoms with E-state index in [0.29, 0.717) is 11.8 Å². The first-order chi connectivity index (χ1) is 22.2. The molecule has 4 aromatic carbocycles. The summed E-state index contributed by atoms with van der Waals surface area (Å²) in [6, 6.07) is 27.7. The van der Waals surface area contributed by atoms with Crippen LogP contribution in [-0.4, -0.2) is 24.1 Å². The fourth-order valence-corrected chi connectivity index (χ4v) is 6.46. The zero-order valence-electron chi connectivity index (χ0n) is 27.2. The van der Waals surface area contributed by atoms with Crippen molar-refractivity contribution in [2.75, 3.05) is 0 Å². The van der Waals surface area contributed by atoms with Crippen LogP contribution in [0.1, 0.15) is 61.8 Å². The van der Waals surface area contributed by atoms with Crippen molar-refractivity contribution in [1.82, 2.24) is 24.1 Å². The molecule has 5 nitrogen and oxygen atoms in total. The predicted molar refractivity (Wildman–Crippen MR) is 186 cm³/mol. The van der Waals surface area contributed by atoms with Crippen LogP contribution >= 0.6 is 11.3 Å². The van der Waals surface area contributed by atoms with Crippen LogP contribution < -0.4 is 0 Å². The minimum absolute atomic E-state index is 0. The molecule has 7 aromatic rings. The van der Waals surface area contributed by atoms with Crippen LogP contribution in [0.25, 0.3) is 44.4 Å². The molecule has 0 N–H and O–H groups in total. The second kappa shape index (κ2) is 14.7. The van der Waals surface area contributed by atoms with Gasteiger partial charge in [0.1, 0.15) is 0 Å². The van der Waals surface area contributed by atoms with Gasteiger partial charge < -0.3 is 9.13 Å². The van der Waals surface area contributed by atoms with E-state index in [0.717, 1.165) is 33.0 Å². The van der Waals surface area contributed by atoms with E-state index >= 15 is 0 Å². The van der Waals surface area contributed by atoms with Gasteiger partial charge in [-0.15, -0.1) is 53.6 Å². The van der Waals surface area contributed by atoms with Crippen molar-refractivity contribution in [2.45, 2.75) is 53.4 Å². The number of hydrogen-bond donors (Lipinski definition) is 0. The second-order valence-electron chi connectivity index (χ2n) is 11.9. The summed E-state index contributed by atoms with van der Waals surface area (Å²) in [5.74, 6) is 2.18. The van der Waals surface area contributed by atoms with Crippen molar-refractivity contribution in [3.05, 3.63) is 137 Å². The first kappa shape index (κ1) is 34.1. The van der Waals surface area contributed by atoms with E-state index in [2.05, 4.69) is 120 Å². The molecule has 47 heavy (non-hydrogen) atoms. The Morgan fingerprint density at radius 2 is 1.28 bits per heavy atom. The fourth-order valence-electron chi connectivity index (χ4n) is 5.82. The number of halogens is 1. The molecule has 7 rings (SSSR count). The Labute approximate surface area is 293 Å². The number of para-hydroxylation sites is 2. The number of rotatable bonds is 6. The summed E-state index contributed by atoms with van der Waals surface area (Å²) in [6.45, 7) is 13.0. The van der Waals surface area contributed by atoms with Gasteiger partial charge in [0.05, 0.1) is 17.2 Å². The van der Waals surface area contributed by atoms with Crippen molar-refractivity contribution in [3.63, 3.8) is 0 Å². The zero-order chi connectivity index (χ0) is 32.4. The molecule has 0 aliphatic carbocycles. The molecule has 0 spiro atoms. The summed E-state index contributed by atoms with van der Waals surface area (Å²) in [5.41, 5.74) is 12.0. The minimum Gasteiger partial charge on any atom is -0.340 e. The first-order valence-corrected chi connectivity index (χ1v) is 16.3. The van der Waals surface area contributed by atoms with E-state index in [1.54, 1.807) is 23.6 Å². The van der Waals surface area contributed by atoms with Gasteiger partial charge in [-0.25, -0.2) is 0 Å². The Kier molecular flexibility index (Phi) is 10.7. The third-order valence-corrected chi connectivity index (χ3v) is 8.86. The SMILES string of the molecule is CC(C)c1cccc(C(C)C)c1-n1ccnc1-c1[c-]cc(F)cc1.Cc1cccc(C)c1-n1ccnc1-c1[c-]cc2scnc2c1.[Ir]. The maximum absolute atomic E-state index is 13.2. The normalized spacial score (nSPS) is 11.1. The quantitative estimate of drug-likeness (QED) is 0.157. The van der Waals surface area contributed by atoms with Crippen LogP contribution in [0.4, 0.5) is 4.39 Å². The Hall–Kier alpha value is -4.23. The number of imidazole rings is 2. The summed E-state index contributed by atoms with van der Waals surface area (Å²) in [7, 11) is 0. The standard InChI is InChI=1S/C21H22FN2.C18H14N3S.Ir/c1-14(2)18-6-5-7-19(15(3)4)20(18)24-13-12-23-21(24)16-8-10-17(22)11-9-16;1-12-4-3-5-13(2)17(12)21-9-8-19-18(21)14-6-7-16-15(10-14)20-11-22-16;/h5-8,10-15H,1-4H3;3-5,7-11H,1-2H3;/q2*-1;. The van der Waals surface area contributed by atoms with Crippen molar-refractivity contribution in [3.8, 4) is 34.2 Å². The van der Waals surface area contributed by atoms with E-state index < -0.39 is 0 Å². The van der Waals surface area contributed by atoms with E-state index in [1.807, 2.05) is 30.2 Å². The molecule has 0 aliphatic heterocycles. The van der Waals surface area contributed by atoms with Crippen LogP contribution in [0.3, 0.4) is 0 Å². The summed E-state index contributed by atoms with van der Waals surface area (Å²) in [6.07, 6.45) is 7.59. The molecule has 3 aromatic heterocycles. The van der Waals surface area contributed by atoms with E-state index in [1.165, 1.54) is 45.8 Å². The Morgan fingerprint density at radius 1 is 0.702 bits per heavy atom. The number of aromatic nitrogens is 5. The van der Waals surface area contributed by atoms with Crippen LogP contribution in [-0.2, 0) is 20.1 Å². The van der Waals surface area contributed by atoms with Crippen molar-refractivity contribution < 1.29 is 24.5 Å². The molecule has 3 heterocycles. The van der Waals surface area contributed by atoms with Crippen LogP contribution in [0, 0.1) is 31.8 Å². The van der Waals surface area contributed by atoms with Crippen LogP contribution in [0.5, 0.6) is 0 Å². The third kappa shape index (κ3) is 7.05. The Bertz CT molecular complexity index is 2060. The number of hydrogen-bond acceptors (Lipinski definition) is 4. The van der Waals surface area contributed by atoms with Gasteiger partial charge in [-0.1, -0.05) is 64.1 Å². The second-order valence-corrected chi connectivity index (χ2v) is 12.8. The molecule has 0 fully saturated rings. The average molecular weight is 818 g/mol. The molecule has 0 atom stereocenters. The molecule has 0 bridgehead atoms. The number of nitrogens with zero attached hydrogens (tertiary/aromatic N) is 5. The molecular formula is C39H36FIrN5S-2. The van der Waals surface area contributed by atoms with Crippen LogP contribution in [0.15, 0.2) is 97.0 Å². The van der Waals surface area contributed by atoms with Gasteiger partial charge in [-0.05, 0) is 58.2 Å². The Balaban J connectivity index is 0.000000181. The molecule has 241 valence electrons. The van der Waals surface area contributed by atoms with Gasteiger partial charge in [-0.2, -0.15) is 11.3 Å². The van der Waals surface area contributed by atoms with Gasteiger partial charge in [-0.3, -0.25) is 19.3 Å². The van der Waals surface area contributed by atoms with E-state index in [4.69, 9.17) is 0 Å². The monoisotopic (exact) mass is 818 g/mol. The Morgan fingerprint density at radius 3 is 1.87 bits per heavy atom. The summed E-state index contributed by atoms with van der Waals surface area (Å²) < 4.78 is 18.6. The van der Waals surface area contributed by atoms with E-state index in [-0.39, 0.29) is 25.9 Å². The van der Waals surface area contributed by atoms with Crippen LogP contribution in [0.2, 0.25) is 0 Å². The van der Waals surface area contributed by atoms with E-state index in [9.17, 15) is 4.39 Å². The van der Waals surface area contributed by atoms with Gasteiger partial charge in [0.15, 0.2) is 0 Å². The maximum atomic E-state index is 13.2. The molecule has 0 unspecified atom stereocenters. The average Bonchev–Trinajstić information content (AvgIpc) is 3.82. The first-order valence-electron chi connectivity index (χ1n) is 15.4. The molecule has 0 saturated heterocycles. The molecular weight excluding hydrogens is 782 g/mol. The van der Waals surface area contributed by atoms with Crippen molar-refractivity contribution in [2.24, 2.45) is 0 Å². The number of aryl methyl sites for hydroxylation is 2. The number of benzene rings is 4. The van der Waals surface area contributed by atoms with Crippen molar-refractivity contribution in [1.29, 1.82) is 0 Å². The number of fused-ring (bicyclic) bond motifs is 1. The zero-order valence-corrected chi connectivity index (χ0v) is 30.5. The molecule has 0 saturated carbocycles. The third-order valence-electron chi connectivity index (χ3n) is 8.07. The van der Waals surface area contributed by atoms with Gasteiger partial charge in [0, 0.05) is 62.1 Å². The molecule has 1 radical (unpaired) electrons. The minimum atomic E-state index is -0.290. The van der Waals surface area contributed by atoms with Gasteiger partial charge >= 0.3 is 0 Å². The molecule has 0 aliphatic rings. The van der Waals surface area contributed by atoms with Crippen molar-refractivity contribution >= 4 is 21.6 Å². The molecule has 8 heteroatoms. The maximum Gasteiger partial charge on any atom is 0.0692 e. The molecule has 0 amide bonds. The topological polar surface area (TPSA) is 48.5 Å². The largest absolute Gasteiger partial charge is 0.340 e. The predicted octanol–water partition coefficient (Wildman–Crippen LogP) is 10.3.